The van der Waals surface area contributed by atoms with Crippen molar-refractivity contribution in [1.82, 2.24) is 9.97 Å². The SMILES string of the molecule is O=[N+]([O-])c1ccc2nc(NCc3ccc(O)cc3)[nH]c2c1. The van der Waals surface area contributed by atoms with E-state index in [2.05, 4.69) is 15.3 Å². The molecule has 106 valence electrons. The number of phenolic OH excluding ortho intramolecular Hbond substituents is 1. The smallest absolute Gasteiger partial charge is 0.271 e. The van der Waals surface area contributed by atoms with E-state index in [9.17, 15) is 15.2 Å². The second kappa shape index (κ2) is 5.12. The summed E-state index contributed by atoms with van der Waals surface area (Å²) in [5.41, 5.74) is 2.28. The molecular formula is C14H12N4O3. The third kappa shape index (κ3) is 2.76. The van der Waals surface area contributed by atoms with E-state index in [-0.39, 0.29) is 11.4 Å². The van der Waals surface area contributed by atoms with Crippen LogP contribution in [0.1, 0.15) is 5.56 Å². The van der Waals surface area contributed by atoms with Gasteiger partial charge in [0.15, 0.2) is 0 Å². The van der Waals surface area contributed by atoms with Crippen LogP contribution in [-0.4, -0.2) is 20.0 Å². The van der Waals surface area contributed by atoms with Gasteiger partial charge in [-0.05, 0) is 23.8 Å². The third-order valence-electron chi connectivity index (χ3n) is 3.07. The molecule has 0 spiro atoms. The minimum atomic E-state index is -0.441. The number of nitrogens with one attached hydrogen (secondary N) is 2. The van der Waals surface area contributed by atoms with E-state index in [4.69, 9.17) is 0 Å². The van der Waals surface area contributed by atoms with Gasteiger partial charge >= 0.3 is 0 Å². The Morgan fingerprint density at radius 2 is 2.00 bits per heavy atom. The number of aromatic nitrogens is 2. The van der Waals surface area contributed by atoms with Crippen LogP contribution in [0.4, 0.5) is 11.6 Å². The zero-order chi connectivity index (χ0) is 14.8. The van der Waals surface area contributed by atoms with E-state index in [1.54, 1.807) is 30.3 Å². The molecule has 0 fully saturated rings. The fourth-order valence-electron chi connectivity index (χ4n) is 1.99. The third-order valence-corrected chi connectivity index (χ3v) is 3.07. The first-order valence-corrected chi connectivity index (χ1v) is 6.28. The zero-order valence-electron chi connectivity index (χ0n) is 10.9. The summed E-state index contributed by atoms with van der Waals surface area (Å²) in [6, 6.07) is 11.3. The Hall–Kier alpha value is -3.09. The number of rotatable bonds is 4. The number of anilines is 1. The van der Waals surface area contributed by atoms with E-state index in [1.165, 1.54) is 12.1 Å². The summed E-state index contributed by atoms with van der Waals surface area (Å²) >= 11 is 0. The van der Waals surface area contributed by atoms with Crippen LogP contribution < -0.4 is 5.32 Å². The number of imidazole rings is 1. The van der Waals surface area contributed by atoms with Gasteiger partial charge in [-0.15, -0.1) is 0 Å². The van der Waals surface area contributed by atoms with Crippen LogP contribution in [0, 0.1) is 10.1 Å². The molecule has 7 heteroatoms. The van der Waals surface area contributed by atoms with Crippen molar-refractivity contribution in [2.24, 2.45) is 0 Å². The molecule has 0 saturated carbocycles. The van der Waals surface area contributed by atoms with Gasteiger partial charge < -0.3 is 15.4 Å². The molecule has 7 nitrogen and oxygen atoms in total. The summed E-state index contributed by atoms with van der Waals surface area (Å²) in [6.07, 6.45) is 0. The molecule has 3 rings (SSSR count). The predicted molar refractivity (Wildman–Crippen MR) is 78.2 cm³/mol. The standard InChI is InChI=1S/C14H12N4O3/c19-11-4-1-9(2-5-11)8-15-14-16-12-6-3-10(18(20)21)7-13(12)17-14/h1-7,19H,8H2,(H2,15,16,17). The van der Waals surface area contributed by atoms with Gasteiger partial charge in [0.1, 0.15) is 5.75 Å². The first-order chi connectivity index (χ1) is 10.1. The van der Waals surface area contributed by atoms with Crippen LogP contribution in [-0.2, 0) is 6.54 Å². The van der Waals surface area contributed by atoms with Gasteiger partial charge in [0.05, 0.1) is 16.0 Å². The van der Waals surface area contributed by atoms with Crippen molar-refractivity contribution in [2.75, 3.05) is 5.32 Å². The number of aromatic hydroxyl groups is 1. The number of nitro groups is 1. The number of hydrogen-bond donors (Lipinski definition) is 3. The number of nitro benzene ring substituents is 1. The van der Waals surface area contributed by atoms with Crippen molar-refractivity contribution < 1.29 is 10.0 Å². The predicted octanol–water partition coefficient (Wildman–Crippen LogP) is 2.79. The molecule has 0 aliphatic carbocycles. The van der Waals surface area contributed by atoms with Crippen LogP contribution in [0.25, 0.3) is 11.0 Å². The van der Waals surface area contributed by atoms with Crippen molar-refractivity contribution in [3.63, 3.8) is 0 Å². The highest BCUT2D eigenvalue weighted by Crippen LogP contribution is 2.20. The number of hydrogen-bond acceptors (Lipinski definition) is 5. The summed E-state index contributed by atoms with van der Waals surface area (Å²) in [6.45, 7) is 0.530. The number of phenols is 1. The number of fused-ring (bicyclic) bond motifs is 1. The van der Waals surface area contributed by atoms with Crippen molar-refractivity contribution in [1.29, 1.82) is 0 Å². The lowest BCUT2D eigenvalue weighted by Gasteiger charge is -2.02. The van der Waals surface area contributed by atoms with Crippen LogP contribution in [0.3, 0.4) is 0 Å². The van der Waals surface area contributed by atoms with E-state index in [1.807, 2.05) is 0 Å². The van der Waals surface area contributed by atoms with Gasteiger partial charge in [0.25, 0.3) is 5.69 Å². The van der Waals surface area contributed by atoms with Gasteiger partial charge in [0.2, 0.25) is 5.95 Å². The normalized spacial score (nSPS) is 10.7. The van der Waals surface area contributed by atoms with E-state index >= 15 is 0 Å². The molecule has 0 aliphatic rings. The lowest BCUT2D eigenvalue weighted by molar-refractivity contribution is -0.384. The minimum Gasteiger partial charge on any atom is -0.508 e. The Kier molecular flexibility index (Phi) is 3.15. The van der Waals surface area contributed by atoms with Crippen molar-refractivity contribution in [3.05, 3.63) is 58.1 Å². The molecule has 3 N–H and O–H groups in total. The van der Waals surface area contributed by atoms with E-state index < -0.39 is 4.92 Å². The second-order valence-electron chi connectivity index (χ2n) is 4.56. The lowest BCUT2D eigenvalue weighted by atomic mass is 10.2. The number of benzene rings is 2. The maximum Gasteiger partial charge on any atom is 0.271 e. The van der Waals surface area contributed by atoms with Crippen LogP contribution in [0.5, 0.6) is 5.75 Å². The van der Waals surface area contributed by atoms with Crippen molar-refractivity contribution in [2.45, 2.75) is 6.54 Å². The zero-order valence-corrected chi connectivity index (χ0v) is 10.9. The summed E-state index contributed by atoms with van der Waals surface area (Å²) in [7, 11) is 0. The Balaban J connectivity index is 1.78. The molecule has 2 aromatic carbocycles. The summed E-state index contributed by atoms with van der Waals surface area (Å²) in [4.78, 5) is 17.6. The Labute approximate surface area is 119 Å². The number of non-ortho nitro benzene ring substituents is 1. The average molecular weight is 284 g/mol. The molecule has 0 unspecified atom stereocenters. The fraction of sp³-hybridized carbons (Fsp3) is 0.0714. The molecule has 0 bridgehead atoms. The van der Waals surface area contributed by atoms with Gasteiger partial charge in [-0.1, -0.05) is 12.1 Å². The van der Waals surface area contributed by atoms with Gasteiger partial charge in [-0.2, -0.15) is 0 Å². The number of H-pyrrole nitrogens is 1. The quantitative estimate of drug-likeness (QED) is 0.504. The van der Waals surface area contributed by atoms with E-state index in [0.29, 0.717) is 23.5 Å². The maximum atomic E-state index is 10.7. The molecule has 21 heavy (non-hydrogen) atoms. The van der Waals surface area contributed by atoms with Gasteiger partial charge in [0, 0.05) is 18.7 Å². The Morgan fingerprint density at radius 3 is 2.71 bits per heavy atom. The second-order valence-corrected chi connectivity index (χ2v) is 4.56. The summed E-state index contributed by atoms with van der Waals surface area (Å²) < 4.78 is 0. The molecule has 1 heterocycles. The maximum absolute atomic E-state index is 10.7. The van der Waals surface area contributed by atoms with Crippen LogP contribution >= 0.6 is 0 Å². The average Bonchev–Trinajstić information content (AvgIpc) is 2.88. The highest BCUT2D eigenvalue weighted by Gasteiger charge is 2.09. The van der Waals surface area contributed by atoms with Crippen molar-refractivity contribution >= 4 is 22.7 Å². The van der Waals surface area contributed by atoms with Crippen LogP contribution in [0.15, 0.2) is 42.5 Å². The molecular weight excluding hydrogens is 272 g/mol. The van der Waals surface area contributed by atoms with Crippen LogP contribution in [0.2, 0.25) is 0 Å². The highest BCUT2D eigenvalue weighted by molar-refractivity contribution is 5.79. The molecule has 0 radical (unpaired) electrons. The topological polar surface area (TPSA) is 104 Å². The molecule has 0 aliphatic heterocycles. The largest absolute Gasteiger partial charge is 0.508 e. The monoisotopic (exact) mass is 284 g/mol. The lowest BCUT2D eigenvalue weighted by Crippen LogP contribution is -2.00. The molecule has 1 aromatic heterocycles. The molecule has 0 atom stereocenters. The Morgan fingerprint density at radius 1 is 1.24 bits per heavy atom. The van der Waals surface area contributed by atoms with Crippen molar-refractivity contribution in [3.8, 4) is 5.75 Å². The number of nitrogens with zero attached hydrogens (tertiary/aromatic N) is 2. The minimum absolute atomic E-state index is 0.0243. The first kappa shape index (κ1) is 12.9. The fourth-order valence-corrected chi connectivity index (χ4v) is 1.99. The Bertz CT molecular complexity index is 796. The summed E-state index contributed by atoms with van der Waals surface area (Å²) in [5.74, 6) is 0.758. The van der Waals surface area contributed by atoms with Gasteiger partial charge in [-0.25, -0.2) is 4.98 Å². The highest BCUT2D eigenvalue weighted by atomic mass is 16.6. The summed E-state index contributed by atoms with van der Waals surface area (Å²) in [5, 5.41) is 23.0. The molecule has 3 aromatic rings. The van der Waals surface area contributed by atoms with E-state index in [0.717, 1.165) is 5.56 Å². The molecule has 0 amide bonds. The first-order valence-electron chi connectivity index (χ1n) is 6.28. The number of aromatic amines is 1. The van der Waals surface area contributed by atoms with Gasteiger partial charge in [-0.3, -0.25) is 10.1 Å². The molecule has 0 saturated heterocycles.